The fourth-order valence-corrected chi connectivity index (χ4v) is 2.19. The largest absolute Gasteiger partial charge is 0.388 e. The zero-order chi connectivity index (χ0) is 13.1. The van der Waals surface area contributed by atoms with Gasteiger partial charge in [0.05, 0.1) is 11.8 Å². The first-order valence-electron chi connectivity index (χ1n) is 6.36. The minimum absolute atomic E-state index is 0.480. The van der Waals surface area contributed by atoms with Crippen LogP contribution in [0.2, 0.25) is 0 Å². The summed E-state index contributed by atoms with van der Waals surface area (Å²) in [6, 6.07) is 8.43. The Hall–Kier alpha value is -1.61. The molecule has 1 aromatic heterocycles. The van der Waals surface area contributed by atoms with E-state index in [0.29, 0.717) is 6.42 Å². The van der Waals surface area contributed by atoms with Crippen molar-refractivity contribution in [2.24, 2.45) is 7.05 Å². The van der Waals surface area contributed by atoms with Crippen molar-refractivity contribution in [1.29, 1.82) is 0 Å². The molecule has 0 radical (unpaired) electrons. The van der Waals surface area contributed by atoms with E-state index in [9.17, 15) is 5.11 Å². The van der Waals surface area contributed by atoms with Gasteiger partial charge in [0.15, 0.2) is 0 Å². The summed E-state index contributed by atoms with van der Waals surface area (Å²) >= 11 is 0. The topological polar surface area (TPSA) is 38.0 Å². The molecule has 0 aliphatic heterocycles. The van der Waals surface area contributed by atoms with Crippen LogP contribution in [0.1, 0.15) is 35.4 Å². The van der Waals surface area contributed by atoms with Crippen molar-refractivity contribution in [3.8, 4) is 0 Å². The van der Waals surface area contributed by atoms with E-state index in [1.807, 2.05) is 20.2 Å². The summed E-state index contributed by atoms with van der Waals surface area (Å²) in [5.74, 6) is 0. The second-order valence-corrected chi connectivity index (χ2v) is 4.73. The molecule has 2 aromatic rings. The number of rotatable bonds is 4. The maximum Gasteiger partial charge on any atom is 0.0863 e. The van der Waals surface area contributed by atoms with Crippen molar-refractivity contribution in [2.45, 2.75) is 32.8 Å². The van der Waals surface area contributed by atoms with E-state index in [4.69, 9.17) is 0 Å². The standard InChI is InChI=1S/C15H20N2O/c1-4-12-5-7-13(8-6-12)9-15(18)14-10-17(3)16-11(14)2/h5-8,10,15,18H,4,9H2,1-3H3. The molecule has 3 nitrogen and oxygen atoms in total. The van der Waals surface area contributed by atoms with Gasteiger partial charge >= 0.3 is 0 Å². The van der Waals surface area contributed by atoms with Crippen LogP contribution < -0.4 is 0 Å². The molecule has 1 unspecified atom stereocenters. The molecule has 0 saturated heterocycles. The van der Waals surface area contributed by atoms with Crippen molar-refractivity contribution in [2.75, 3.05) is 0 Å². The lowest BCUT2D eigenvalue weighted by atomic mass is 10.0. The molecular weight excluding hydrogens is 224 g/mol. The molecule has 0 bridgehead atoms. The van der Waals surface area contributed by atoms with Crippen LogP contribution in [-0.2, 0) is 19.9 Å². The van der Waals surface area contributed by atoms with Gasteiger partial charge in [0.1, 0.15) is 0 Å². The average Bonchev–Trinajstić information content (AvgIpc) is 2.69. The molecule has 2 rings (SSSR count). The van der Waals surface area contributed by atoms with E-state index in [1.165, 1.54) is 5.56 Å². The Balaban J connectivity index is 2.10. The Kier molecular flexibility index (Phi) is 3.82. The first-order valence-corrected chi connectivity index (χ1v) is 6.36. The number of aliphatic hydroxyl groups excluding tert-OH is 1. The van der Waals surface area contributed by atoms with Crippen molar-refractivity contribution < 1.29 is 5.11 Å². The highest BCUT2D eigenvalue weighted by atomic mass is 16.3. The van der Waals surface area contributed by atoms with Gasteiger partial charge in [-0.1, -0.05) is 31.2 Å². The van der Waals surface area contributed by atoms with E-state index in [1.54, 1.807) is 4.68 Å². The Bertz CT molecular complexity index is 514. The van der Waals surface area contributed by atoms with Gasteiger partial charge < -0.3 is 5.11 Å². The van der Waals surface area contributed by atoms with Gasteiger partial charge in [-0.2, -0.15) is 5.10 Å². The van der Waals surface area contributed by atoms with Crippen LogP contribution in [0.3, 0.4) is 0 Å². The molecule has 18 heavy (non-hydrogen) atoms. The molecule has 1 atom stereocenters. The molecule has 96 valence electrons. The molecule has 1 N–H and O–H groups in total. The summed E-state index contributed by atoms with van der Waals surface area (Å²) < 4.78 is 1.74. The molecule has 0 aliphatic carbocycles. The number of hydrogen-bond acceptors (Lipinski definition) is 2. The van der Waals surface area contributed by atoms with Gasteiger partial charge in [-0.25, -0.2) is 0 Å². The number of hydrogen-bond donors (Lipinski definition) is 1. The number of benzene rings is 1. The summed E-state index contributed by atoms with van der Waals surface area (Å²) in [6.45, 7) is 4.07. The van der Waals surface area contributed by atoms with E-state index in [2.05, 4.69) is 36.3 Å². The molecule has 1 heterocycles. The maximum absolute atomic E-state index is 10.2. The number of aryl methyl sites for hydroxylation is 3. The van der Waals surface area contributed by atoms with E-state index >= 15 is 0 Å². The fraction of sp³-hybridized carbons (Fsp3) is 0.400. The minimum atomic E-state index is -0.480. The third-order valence-electron chi connectivity index (χ3n) is 3.27. The van der Waals surface area contributed by atoms with Crippen LogP contribution in [0.4, 0.5) is 0 Å². The van der Waals surface area contributed by atoms with Gasteiger partial charge in [0, 0.05) is 25.2 Å². The highest BCUT2D eigenvalue weighted by Gasteiger charge is 2.14. The summed E-state index contributed by atoms with van der Waals surface area (Å²) in [5.41, 5.74) is 4.29. The number of nitrogens with zero attached hydrogens (tertiary/aromatic N) is 2. The Morgan fingerprint density at radius 2 is 1.83 bits per heavy atom. The lowest BCUT2D eigenvalue weighted by molar-refractivity contribution is 0.177. The first kappa shape index (κ1) is 12.8. The summed E-state index contributed by atoms with van der Waals surface area (Å²) in [7, 11) is 1.87. The van der Waals surface area contributed by atoms with E-state index in [-0.39, 0.29) is 0 Å². The quantitative estimate of drug-likeness (QED) is 0.897. The van der Waals surface area contributed by atoms with E-state index < -0.39 is 6.10 Å². The van der Waals surface area contributed by atoms with Gasteiger partial charge in [-0.05, 0) is 24.5 Å². The monoisotopic (exact) mass is 244 g/mol. The van der Waals surface area contributed by atoms with Gasteiger partial charge in [0.25, 0.3) is 0 Å². The number of aliphatic hydroxyl groups is 1. The molecule has 0 aliphatic rings. The van der Waals surface area contributed by atoms with Crippen LogP contribution in [0.25, 0.3) is 0 Å². The SMILES string of the molecule is CCc1ccc(CC(O)c2cn(C)nc2C)cc1. The Morgan fingerprint density at radius 3 is 2.33 bits per heavy atom. The summed E-state index contributed by atoms with van der Waals surface area (Å²) in [5, 5.41) is 14.5. The van der Waals surface area contributed by atoms with Crippen molar-refractivity contribution >= 4 is 0 Å². The van der Waals surface area contributed by atoms with Crippen molar-refractivity contribution in [3.63, 3.8) is 0 Å². The summed E-state index contributed by atoms with van der Waals surface area (Å²) in [6.07, 6.45) is 3.09. The molecule has 0 fully saturated rings. The molecule has 0 amide bonds. The van der Waals surface area contributed by atoms with Crippen LogP contribution >= 0.6 is 0 Å². The Labute approximate surface area is 108 Å². The lowest BCUT2D eigenvalue weighted by Crippen LogP contribution is -2.02. The van der Waals surface area contributed by atoms with Crippen molar-refractivity contribution in [1.82, 2.24) is 9.78 Å². The second-order valence-electron chi connectivity index (χ2n) is 4.73. The average molecular weight is 244 g/mol. The minimum Gasteiger partial charge on any atom is -0.388 e. The maximum atomic E-state index is 10.2. The van der Waals surface area contributed by atoms with Gasteiger partial charge in [-0.15, -0.1) is 0 Å². The molecule has 0 spiro atoms. The number of aromatic nitrogens is 2. The molecule has 1 aromatic carbocycles. The molecule has 3 heteroatoms. The predicted molar refractivity (Wildman–Crippen MR) is 72.4 cm³/mol. The normalized spacial score (nSPS) is 12.7. The van der Waals surface area contributed by atoms with Gasteiger partial charge in [0.2, 0.25) is 0 Å². The van der Waals surface area contributed by atoms with Gasteiger partial charge in [-0.3, -0.25) is 4.68 Å². The van der Waals surface area contributed by atoms with Crippen LogP contribution in [-0.4, -0.2) is 14.9 Å². The zero-order valence-electron chi connectivity index (χ0n) is 11.2. The third kappa shape index (κ3) is 2.79. The molecular formula is C15H20N2O. The highest BCUT2D eigenvalue weighted by Crippen LogP contribution is 2.20. The molecule has 0 saturated carbocycles. The van der Waals surface area contributed by atoms with Crippen LogP contribution in [0.5, 0.6) is 0 Å². The zero-order valence-corrected chi connectivity index (χ0v) is 11.2. The smallest absolute Gasteiger partial charge is 0.0863 e. The lowest BCUT2D eigenvalue weighted by Gasteiger charge is -2.10. The predicted octanol–water partition coefficient (Wildman–Crippen LogP) is 2.57. The third-order valence-corrected chi connectivity index (χ3v) is 3.27. The fourth-order valence-electron chi connectivity index (χ4n) is 2.19. The van der Waals surface area contributed by atoms with Crippen molar-refractivity contribution in [3.05, 3.63) is 52.8 Å². The van der Waals surface area contributed by atoms with E-state index in [0.717, 1.165) is 23.2 Å². The first-order chi connectivity index (χ1) is 8.60. The Morgan fingerprint density at radius 1 is 1.22 bits per heavy atom. The highest BCUT2D eigenvalue weighted by molar-refractivity contribution is 5.26. The second kappa shape index (κ2) is 5.36. The van der Waals surface area contributed by atoms with Crippen LogP contribution in [0, 0.1) is 6.92 Å². The summed E-state index contributed by atoms with van der Waals surface area (Å²) in [4.78, 5) is 0. The van der Waals surface area contributed by atoms with Crippen LogP contribution in [0.15, 0.2) is 30.5 Å².